The van der Waals surface area contributed by atoms with Crippen molar-refractivity contribution in [3.63, 3.8) is 0 Å². The van der Waals surface area contributed by atoms with E-state index in [4.69, 9.17) is 9.15 Å². The van der Waals surface area contributed by atoms with Crippen molar-refractivity contribution in [2.24, 2.45) is 5.92 Å². The monoisotopic (exact) mass is 389 g/mol. The van der Waals surface area contributed by atoms with E-state index in [2.05, 4.69) is 5.32 Å². The van der Waals surface area contributed by atoms with Crippen LogP contribution in [0.15, 0.2) is 27.4 Å². The number of ether oxygens (including phenoxy) is 1. The summed E-state index contributed by atoms with van der Waals surface area (Å²) in [6, 6.07) is 4.05. The number of carbonyl (C=O) groups excluding carboxylic acids is 1. The molecule has 0 spiro atoms. The molecule has 152 valence electrons. The molecule has 1 aromatic carbocycles. The minimum Gasteiger partial charge on any atom is -0.480 e. The molecule has 7 heteroatoms. The molecule has 2 rings (SSSR count). The van der Waals surface area contributed by atoms with Gasteiger partial charge < -0.3 is 19.6 Å². The molecule has 1 aromatic heterocycles. The molecule has 0 bridgehead atoms. The molecule has 0 radical (unpaired) electrons. The lowest BCUT2D eigenvalue weighted by Gasteiger charge is -2.22. The van der Waals surface area contributed by atoms with E-state index in [1.807, 2.05) is 13.0 Å². The highest BCUT2D eigenvalue weighted by Gasteiger charge is 2.27. The van der Waals surface area contributed by atoms with Crippen LogP contribution in [0.5, 0.6) is 5.75 Å². The molecule has 0 aliphatic rings. The molecule has 0 saturated heterocycles. The Hall–Kier alpha value is -2.83. The summed E-state index contributed by atoms with van der Waals surface area (Å²) >= 11 is 0. The molecule has 7 nitrogen and oxygen atoms in total. The average Bonchev–Trinajstić information content (AvgIpc) is 2.61. The summed E-state index contributed by atoms with van der Waals surface area (Å²) < 4.78 is 11.1. The standard InChI is InChI=1S/C21H27NO6/c1-6-7-14-10-17(23)28-19-12(4)16(9-8-15(14)19)27-13(5)20(24)22-18(11(2)3)21(25)26/h8-11,13,18H,6-7H2,1-5H3,(H,22,24)(H,25,26)/t13-,18-/m0/s1. The van der Waals surface area contributed by atoms with Crippen LogP contribution in [-0.2, 0) is 16.0 Å². The Morgan fingerprint density at radius 3 is 2.50 bits per heavy atom. The van der Waals surface area contributed by atoms with Crippen molar-refractivity contribution in [3.05, 3.63) is 39.7 Å². The van der Waals surface area contributed by atoms with E-state index in [1.54, 1.807) is 33.8 Å². The van der Waals surface area contributed by atoms with Crippen molar-refractivity contribution < 1.29 is 23.8 Å². The Labute approximate surface area is 163 Å². The fourth-order valence-electron chi connectivity index (χ4n) is 3.04. The Morgan fingerprint density at radius 1 is 1.25 bits per heavy atom. The number of benzene rings is 1. The Kier molecular flexibility index (Phi) is 6.83. The van der Waals surface area contributed by atoms with E-state index >= 15 is 0 Å². The highest BCUT2D eigenvalue weighted by Crippen LogP contribution is 2.29. The SMILES string of the molecule is CCCc1cc(=O)oc2c(C)c(O[C@@H](C)C(=O)N[C@H](C(=O)O)C(C)C)ccc12. The van der Waals surface area contributed by atoms with Gasteiger partial charge >= 0.3 is 11.6 Å². The Balaban J connectivity index is 2.28. The second kappa shape index (κ2) is 8.91. The summed E-state index contributed by atoms with van der Waals surface area (Å²) in [4.78, 5) is 35.5. The maximum Gasteiger partial charge on any atom is 0.336 e. The summed E-state index contributed by atoms with van der Waals surface area (Å²) in [6.45, 7) is 8.77. The highest BCUT2D eigenvalue weighted by molar-refractivity contribution is 5.87. The van der Waals surface area contributed by atoms with E-state index in [0.717, 1.165) is 23.8 Å². The lowest BCUT2D eigenvalue weighted by molar-refractivity contribution is -0.144. The first-order valence-electron chi connectivity index (χ1n) is 9.41. The van der Waals surface area contributed by atoms with Gasteiger partial charge in [-0.3, -0.25) is 4.79 Å². The molecule has 2 N–H and O–H groups in total. The summed E-state index contributed by atoms with van der Waals surface area (Å²) in [5.74, 6) is -1.48. The van der Waals surface area contributed by atoms with Crippen molar-refractivity contribution in [3.8, 4) is 5.75 Å². The molecule has 0 aliphatic heterocycles. The number of hydrogen-bond acceptors (Lipinski definition) is 5. The van der Waals surface area contributed by atoms with Gasteiger partial charge in [-0.05, 0) is 43.9 Å². The van der Waals surface area contributed by atoms with Gasteiger partial charge in [0.05, 0.1) is 0 Å². The molecule has 1 heterocycles. The zero-order valence-electron chi connectivity index (χ0n) is 16.9. The molecule has 0 aliphatic carbocycles. The smallest absolute Gasteiger partial charge is 0.336 e. The first-order chi connectivity index (χ1) is 13.1. The molecule has 1 amide bonds. The number of hydrogen-bond donors (Lipinski definition) is 2. The van der Waals surface area contributed by atoms with Crippen molar-refractivity contribution in [2.45, 2.75) is 59.6 Å². The number of carboxylic acids is 1. The average molecular weight is 389 g/mol. The summed E-state index contributed by atoms with van der Waals surface area (Å²) in [6.07, 6.45) is 0.738. The Bertz CT molecular complexity index is 930. The van der Waals surface area contributed by atoms with Crippen LogP contribution in [-0.4, -0.2) is 29.1 Å². The van der Waals surface area contributed by atoms with Gasteiger partial charge in [0.1, 0.15) is 17.4 Å². The molecular formula is C21H27NO6. The predicted octanol–water partition coefficient (Wildman–Crippen LogP) is 3.05. The van der Waals surface area contributed by atoms with Crippen LogP contribution >= 0.6 is 0 Å². The Morgan fingerprint density at radius 2 is 1.93 bits per heavy atom. The van der Waals surface area contributed by atoms with E-state index in [0.29, 0.717) is 16.9 Å². The van der Waals surface area contributed by atoms with Crippen LogP contribution in [0.4, 0.5) is 0 Å². The summed E-state index contributed by atoms with van der Waals surface area (Å²) in [7, 11) is 0. The van der Waals surface area contributed by atoms with Gasteiger partial charge in [0, 0.05) is 17.0 Å². The largest absolute Gasteiger partial charge is 0.480 e. The third kappa shape index (κ3) is 4.71. The number of aryl methyl sites for hydroxylation is 2. The first kappa shape index (κ1) is 21.5. The van der Waals surface area contributed by atoms with Crippen molar-refractivity contribution in [1.29, 1.82) is 0 Å². The minimum absolute atomic E-state index is 0.262. The third-order valence-electron chi connectivity index (χ3n) is 4.62. The van der Waals surface area contributed by atoms with Crippen molar-refractivity contribution >= 4 is 22.8 Å². The molecule has 0 saturated carbocycles. The van der Waals surface area contributed by atoms with Gasteiger partial charge in [-0.15, -0.1) is 0 Å². The van der Waals surface area contributed by atoms with Gasteiger partial charge in [0.15, 0.2) is 6.10 Å². The van der Waals surface area contributed by atoms with E-state index in [9.17, 15) is 19.5 Å². The minimum atomic E-state index is -1.09. The molecular weight excluding hydrogens is 362 g/mol. The number of carboxylic acid groups (broad SMARTS) is 1. The van der Waals surface area contributed by atoms with Gasteiger partial charge in [0.25, 0.3) is 5.91 Å². The van der Waals surface area contributed by atoms with Crippen LogP contribution in [0.1, 0.15) is 45.2 Å². The number of nitrogens with one attached hydrogen (secondary N) is 1. The van der Waals surface area contributed by atoms with Crippen molar-refractivity contribution in [2.75, 3.05) is 0 Å². The number of fused-ring (bicyclic) bond motifs is 1. The highest BCUT2D eigenvalue weighted by atomic mass is 16.5. The number of carbonyl (C=O) groups is 2. The normalized spacial score (nSPS) is 13.4. The molecule has 0 unspecified atom stereocenters. The van der Waals surface area contributed by atoms with Gasteiger partial charge in [0.2, 0.25) is 0 Å². The fraction of sp³-hybridized carbons (Fsp3) is 0.476. The molecule has 0 fully saturated rings. The quantitative estimate of drug-likeness (QED) is 0.672. The lowest BCUT2D eigenvalue weighted by Crippen LogP contribution is -2.48. The number of amides is 1. The van der Waals surface area contributed by atoms with Gasteiger partial charge in [-0.2, -0.15) is 0 Å². The maximum absolute atomic E-state index is 12.4. The second-order valence-electron chi connectivity index (χ2n) is 7.23. The predicted molar refractivity (Wildman–Crippen MR) is 106 cm³/mol. The third-order valence-corrected chi connectivity index (χ3v) is 4.62. The van der Waals surface area contributed by atoms with Crippen LogP contribution in [0.2, 0.25) is 0 Å². The fourth-order valence-corrected chi connectivity index (χ4v) is 3.04. The van der Waals surface area contributed by atoms with Gasteiger partial charge in [-0.1, -0.05) is 27.2 Å². The molecule has 2 aromatic rings. The zero-order chi connectivity index (χ0) is 21.0. The van der Waals surface area contributed by atoms with E-state index in [-0.39, 0.29) is 5.92 Å². The van der Waals surface area contributed by atoms with E-state index < -0.39 is 29.6 Å². The van der Waals surface area contributed by atoms with Crippen LogP contribution in [0, 0.1) is 12.8 Å². The number of aliphatic carboxylic acids is 1. The van der Waals surface area contributed by atoms with Gasteiger partial charge in [-0.25, -0.2) is 9.59 Å². The van der Waals surface area contributed by atoms with E-state index in [1.165, 1.54) is 6.07 Å². The van der Waals surface area contributed by atoms with Crippen molar-refractivity contribution in [1.82, 2.24) is 5.32 Å². The summed E-state index contributed by atoms with van der Waals surface area (Å²) in [5.41, 5.74) is 1.54. The zero-order valence-corrected chi connectivity index (χ0v) is 16.9. The topological polar surface area (TPSA) is 106 Å². The van der Waals surface area contributed by atoms with Crippen LogP contribution in [0.3, 0.4) is 0 Å². The summed E-state index contributed by atoms with van der Waals surface area (Å²) in [5, 5.41) is 12.6. The lowest BCUT2D eigenvalue weighted by atomic mass is 10.0. The van der Waals surface area contributed by atoms with Crippen LogP contribution < -0.4 is 15.7 Å². The maximum atomic E-state index is 12.4. The molecule has 2 atom stereocenters. The second-order valence-corrected chi connectivity index (χ2v) is 7.23. The van der Waals surface area contributed by atoms with Crippen LogP contribution in [0.25, 0.3) is 11.0 Å². The molecule has 28 heavy (non-hydrogen) atoms. The number of rotatable bonds is 8. The first-order valence-corrected chi connectivity index (χ1v) is 9.41.